The van der Waals surface area contributed by atoms with Crippen LogP contribution in [0.25, 0.3) is 0 Å². The summed E-state index contributed by atoms with van der Waals surface area (Å²) in [4.78, 5) is 16.2. The molecular weight excluding hydrogens is 615 g/mol. The van der Waals surface area contributed by atoms with E-state index >= 15 is 0 Å². The van der Waals surface area contributed by atoms with E-state index in [0.717, 1.165) is 17.7 Å². The number of aliphatic hydroxyl groups is 3. The van der Waals surface area contributed by atoms with E-state index in [2.05, 4.69) is 12.2 Å². The second-order valence-corrected chi connectivity index (χ2v) is 7.01. The van der Waals surface area contributed by atoms with Gasteiger partial charge in [-0.2, -0.15) is 9.59 Å². The third-order valence-corrected chi connectivity index (χ3v) is 3.66. The molecule has 1 unspecified atom stereocenters. The molecule has 0 spiro atoms. The van der Waals surface area contributed by atoms with Gasteiger partial charge in [-0.15, -0.1) is 0 Å². The van der Waals surface area contributed by atoms with E-state index in [1.54, 1.807) is 0 Å². The van der Waals surface area contributed by atoms with Gasteiger partial charge in [0.2, 0.25) is 6.29 Å². The van der Waals surface area contributed by atoms with Crippen molar-refractivity contribution in [3.05, 3.63) is 23.8 Å². The van der Waals surface area contributed by atoms with Crippen LogP contribution in [0.4, 0.5) is 5.69 Å². The smallest absolute Gasteiger partial charge is 0.373 e. The van der Waals surface area contributed by atoms with Crippen LogP contribution >= 0.6 is 0 Å². The Morgan fingerprint density at radius 1 is 1.21 bits per heavy atom. The van der Waals surface area contributed by atoms with Crippen LogP contribution in [-0.4, -0.2) is 58.2 Å². The van der Waals surface area contributed by atoms with E-state index in [1.807, 2.05) is 39.0 Å². The number of benzene rings is 1. The molecule has 1 radical (unpaired) electrons. The zero-order valence-corrected chi connectivity index (χ0v) is 22.2. The van der Waals surface area contributed by atoms with Gasteiger partial charge in [-0.1, -0.05) is 13.0 Å². The number of rotatable bonds is 4. The summed E-state index contributed by atoms with van der Waals surface area (Å²) in [6, 6.07) is 5.77. The number of ether oxygens (including phenoxy) is 2. The zero-order valence-electron chi connectivity index (χ0n) is 16.4. The van der Waals surface area contributed by atoms with Crippen molar-refractivity contribution in [2.45, 2.75) is 64.3 Å². The first kappa shape index (κ1) is 30.0. The van der Waals surface area contributed by atoms with Crippen LogP contribution in [0, 0.1) is 0 Å². The van der Waals surface area contributed by atoms with Gasteiger partial charge in [0.15, 0.2) is 0 Å². The minimum absolute atomic E-state index is 0. The number of anilines is 1. The Hall–Kier alpha value is -0.168. The van der Waals surface area contributed by atoms with Crippen molar-refractivity contribution >= 4 is 11.8 Å². The van der Waals surface area contributed by atoms with Crippen molar-refractivity contribution in [3.63, 3.8) is 0 Å². The Balaban J connectivity index is 0. The summed E-state index contributed by atoms with van der Waals surface area (Å²) in [5.41, 5.74) is 1.80. The van der Waals surface area contributed by atoms with Crippen molar-refractivity contribution in [1.29, 1.82) is 0 Å². The van der Waals surface area contributed by atoms with Crippen LogP contribution in [0.5, 0.6) is 5.75 Å². The molecule has 0 amide bonds. The Morgan fingerprint density at radius 3 is 2.29 bits per heavy atom. The average Bonchev–Trinajstić information content (AvgIpc) is 2.56. The molecule has 0 saturated carbocycles. The molecule has 2 rings (SSSR count). The molecule has 155 valence electrons. The third-order valence-electron chi connectivity index (χ3n) is 3.66. The first-order valence-corrected chi connectivity index (χ1v) is 8.35. The third kappa shape index (κ3) is 9.55. The summed E-state index contributed by atoms with van der Waals surface area (Å²) >= 11 is 0. The molecule has 1 saturated heterocycles. The van der Waals surface area contributed by atoms with Crippen molar-refractivity contribution in [2.24, 2.45) is 0 Å². The summed E-state index contributed by atoms with van der Waals surface area (Å²) in [5, 5.41) is 32.6. The molecule has 1 heterocycles. The molecule has 4 atom stereocenters. The van der Waals surface area contributed by atoms with Crippen LogP contribution < -0.4 is 10.1 Å². The molecule has 0 bridgehead atoms. The van der Waals surface area contributed by atoms with Gasteiger partial charge in [0.05, 0.1) is 12.3 Å². The number of aryl methyl sites for hydroxylation is 1. The molecule has 1 fully saturated rings. The van der Waals surface area contributed by atoms with E-state index in [1.165, 1.54) is 0 Å². The maximum Gasteiger partial charge on any atom is 0.373 e. The van der Waals surface area contributed by atoms with Crippen molar-refractivity contribution in [3.8, 4) is 5.75 Å². The molecule has 0 aliphatic carbocycles. The quantitative estimate of drug-likeness (QED) is 0.379. The summed E-state index contributed by atoms with van der Waals surface area (Å²) in [6.07, 6.45) is -3.59. The van der Waals surface area contributed by atoms with Gasteiger partial charge in [0, 0.05) is 59.3 Å². The maximum absolute atomic E-state index is 10.0. The molecule has 28 heavy (non-hydrogen) atoms. The van der Waals surface area contributed by atoms with E-state index in [-0.39, 0.29) is 72.1 Å². The topological polar surface area (TPSA) is 125 Å². The van der Waals surface area contributed by atoms with Crippen molar-refractivity contribution in [1.82, 2.24) is 0 Å². The van der Waals surface area contributed by atoms with Gasteiger partial charge in [0.25, 0.3) is 0 Å². The SMILES string of the molecule is CCc1ccc(O[C@@H]2OC[C@@H](O)[C@H](O)C2O)c(NC(C)(C)C)c1.O=C=O.[W].[Y]. The number of hydrogen-bond acceptors (Lipinski definition) is 8. The molecule has 4 N–H and O–H groups in total. The Labute approximate surface area is 204 Å². The average molecular weight is 642 g/mol. The Kier molecular flexibility index (Phi) is 15.0. The van der Waals surface area contributed by atoms with Crippen LogP contribution in [0.3, 0.4) is 0 Å². The molecule has 10 heteroatoms. The molecular formula is C18H27NO7WY. The predicted molar refractivity (Wildman–Crippen MR) is 92.6 cm³/mol. The fourth-order valence-electron chi connectivity index (χ4n) is 2.41. The second-order valence-electron chi connectivity index (χ2n) is 7.01. The van der Waals surface area contributed by atoms with Gasteiger partial charge < -0.3 is 30.1 Å². The van der Waals surface area contributed by atoms with E-state index < -0.39 is 24.6 Å². The number of nitrogens with one attached hydrogen (secondary N) is 1. The number of aliphatic hydroxyl groups excluding tert-OH is 3. The van der Waals surface area contributed by atoms with Gasteiger partial charge >= 0.3 is 6.15 Å². The molecule has 1 aliphatic rings. The largest absolute Gasteiger partial charge is 0.460 e. The maximum atomic E-state index is 10.0. The Bertz CT molecular complexity index is 620. The molecule has 1 aromatic carbocycles. The zero-order chi connectivity index (χ0) is 19.9. The molecule has 8 nitrogen and oxygen atoms in total. The molecule has 0 aromatic heterocycles. The van der Waals surface area contributed by atoms with Crippen molar-refractivity contribution in [2.75, 3.05) is 11.9 Å². The first-order chi connectivity index (χ1) is 12.1. The van der Waals surface area contributed by atoms with Gasteiger partial charge in [-0.3, -0.25) is 0 Å². The number of hydrogen-bond donors (Lipinski definition) is 4. The predicted octanol–water partition coefficient (Wildman–Crippen LogP) is 0.689. The van der Waals surface area contributed by atoms with Crippen LogP contribution in [0.15, 0.2) is 18.2 Å². The molecule has 1 aromatic rings. The van der Waals surface area contributed by atoms with Gasteiger partial charge in [-0.25, -0.2) is 0 Å². The van der Waals surface area contributed by atoms with E-state index in [0.29, 0.717) is 5.75 Å². The number of carbonyl (C=O) groups excluding carboxylic acids is 2. The Morgan fingerprint density at radius 2 is 1.79 bits per heavy atom. The van der Waals surface area contributed by atoms with Crippen LogP contribution in [0.1, 0.15) is 33.3 Å². The van der Waals surface area contributed by atoms with E-state index in [4.69, 9.17) is 19.1 Å². The standard InChI is InChI=1S/C17H27NO5.CO2.W.Y/c1-5-10-6-7-13(11(8-10)18-17(2,3)4)23-16-15(21)14(20)12(19)9-22-16;2-1-3;;/h6-8,12,14-16,18-21H,5,9H2,1-4H3;;;/t12-,14+,15?,16+;;;/m1.../s1. The monoisotopic (exact) mass is 642 g/mol. The summed E-state index contributed by atoms with van der Waals surface area (Å²) in [7, 11) is 0. The summed E-state index contributed by atoms with van der Waals surface area (Å²) < 4.78 is 11.1. The summed E-state index contributed by atoms with van der Waals surface area (Å²) in [5.74, 6) is 0.532. The first-order valence-electron chi connectivity index (χ1n) is 8.35. The van der Waals surface area contributed by atoms with Crippen LogP contribution in [0.2, 0.25) is 0 Å². The summed E-state index contributed by atoms with van der Waals surface area (Å²) in [6.45, 7) is 8.12. The van der Waals surface area contributed by atoms with Crippen molar-refractivity contribution < 1.29 is 88.2 Å². The van der Waals surface area contributed by atoms with Gasteiger partial charge in [0.1, 0.15) is 24.1 Å². The minimum Gasteiger partial charge on any atom is -0.460 e. The normalized spacial score (nSPS) is 23.7. The fourth-order valence-corrected chi connectivity index (χ4v) is 2.41. The van der Waals surface area contributed by atoms with Crippen LogP contribution in [-0.2, 0) is 74.5 Å². The fraction of sp³-hybridized carbons (Fsp3) is 0.611. The minimum atomic E-state index is -1.31. The second kappa shape index (κ2) is 13.9. The van der Waals surface area contributed by atoms with E-state index in [9.17, 15) is 15.3 Å². The molecule has 1 aliphatic heterocycles. The van der Waals surface area contributed by atoms with Gasteiger partial charge in [-0.05, 0) is 44.9 Å².